The third-order valence-corrected chi connectivity index (χ3v) is 7.26. The lowest BCUT2D eigenvalue weighted by Crippen LogP contribution is -2.11. The number of hydrogen-bond donors (Lipinski definition) is 1. The molecule has 5 nitrogen and oxygen atoms in total. The largest absolute Gasteiger partial charge is 0.494 e. The van der Waals surface area contributed by atoms with E-state index in [0.29, 0.717) is 17.3 Å². The minimum atomic E-state index is -0.203. The normalized spacial score (nSPS) is 10.9. The first-order valence-electron chi connectivity index (χ1n) is 11.2. The molecule has 0 bridgehead atoms. The Bertz CT molecular complexity index is 1190. The summed E-state index contributed by atoms with van der Waals surface area (Å²) >= 11 is 3.01. The molecule has 33 heavy (non-hydrogen) atoms. The SMILES string of the molecule is CCCCCCOc1ccc(C(=O)Nc2nnc(SCc3cccc4ccccc34)s2)cc1. The van der Waals surface area contributed by atoms with Gasteiger partial charge in [0, 0.05) is 11.3 Å². The van der Waals surface area contributed by atoms with E-state index in [-0.39, 0.29) is 5.91 Å². The van der Waals surface area contributed by atoms with Crippen LogP contribution in [0.1, 0.15) is 48.5 Å². The summed E-state index contributed by atoms with van der Waals surface area (Å²) in [6, 6.07) is 21.9. The van der Waals surface area contributed by atoms with Gasteiger partial charge in [-0.2, -0.15) is 0 Å². The number of carbonyl (C=O) groups is 1. The van der Waals surface area contributed by atoms with Crippen molar-refractivity contribution in [2.75, 3.05) is 11.9 Å². The van der Waals surface area contributed by atoms with Crippen LogP contribution < -0.4 is 10.1 Å². The van der Waals surface area contributed by atoms with Crippen LogP contribution in [0, 0.1) is 0 Å². The van der Waals surface area contributed by atoms with Crippen molar-refractivity contribution in [3.05, 3.63) is 77.9 Å². The zero-order valence-electron chi connectivity index (χ0n) is 18.6. The molecule has 1 heterocycles. The summed E-state index contributed by atoms with van der Waals surface area (Å²) in [5, 5.41) is 14.2. The van der Waals surface area contributed by atoms with Gasteiger partial charge in [-0.15, -0.1) is 10.2 Å². The van der Waals surface area contributed by atoms with E-state index in [1.165, 1.54) is 46.9 Å². The van der Waals surface area contributed by atoms with E-state index >= 15 is 0 Å². The molecule has 1 amide bonds. The van der Waals surface area contributed by atoms with Crippen LogP contribution in [0.2, 0.25) is 0 Å². The highest BCUT2D eigenvalue weighted by atomic mass is 32.2. The third kappa shape index (κ3) is 6.55. The second kappa shape index (κ2) is 11.8. The van der Waals surface area contributed by atoms with Crippen LogP contribution in [0.3, 0.4) is 0 Å². The van der Waals surface area contributed by atoms with Gasteiger partial charge in [0.25, 0.3) is 5.91 Å². The van der Waals surface area contributed by atoms with E-state index in [9.17, 15) is 4.79 Å². The molecular weight excluding hydrogens is 450 g/mol. The van der Waals surface area contributed by atoms with Gasteiger partial charge in [0.2, 0.25) is 5.13 Å². The fourth-order valence-corrected chi connectivity index (χ4v) is 5.22. The van der Waals surface area contributed by atoms with Crippen molar-refractivity contribution in [3.8, 4) is 5.75 Å². The Balaban J connectivity index is 1.28. The fourth-order valence-electron chi connectivity index (χ4n) is 3.47. The second-order valence-corrected chi connectivity index (χ2v) is 9.89. The van der Waals surface area contributed by atoms with Gasteiger partial charge in [0.05, 0.1) is 6.61 Å². The molecular formula is C26H27N3O2S2. The maximum Gasteiger partial charge on any atom is 0.257 e. The number of unbranched alkanes of at least 4 members (excludes halogenated alkanes) is 3. The Labute approximate surface area is 202 Å². The first-order chi connectivity index (χ1) is 16.2. The number of nitrogens with zero attached hydrogens (tertiary/aromatic N) is 2. The van der Waals surface area contributed by atoms with Crippen molar-refractivity contribution in [2.24, 2.45) is 0 Å². The number of ether oxygens (including phenoxy) is 1. The van der Waals surface area contributed by atoms with Gasteiger partial charge in [-0.25, -0.2) is 0 Å². The van der Waals surface area contributed by atoms with E-state index in [4.69, 9.17) is 4.74 Å². The molecule has 3 aromatic carbocycles. The molecule has 0 aliphatic rings. The van der Waals surface area contributed by atoms with Crippen molar-refractivity contribution in [3.63, 3.8) is 0 Å². The third-order valence-electron chi connectivity index (χ3n) is 5.24. The minimum absolute atomic E-state index is 0.203. The lowest BCUT2D eigenvalue weighted by Gasteiger charge is -2.07. The van der Waals surface area contributed by atoms with E-state index < -0.39 is 0 Å². The van der Waals surface area contributed by atoms with Crippen molar-refractivity contribution in [2.45, 2.75) is 42.7 Å². The highest BCUT2D eigenvalue weighted by Crippen LogP contribution is 2.31. The van der Waals surface area contributed by atoms with Crippen LogP contribution in [-0.2, 0) is 5.75 Å². The monoisotopic (exact) mass is 477 g/mol. The van der Waals surface area contributed by atoms with Gasteiger partial charge in [-0.05, 0) is 47.0 Å². The van der Waals surface area contributed by atoms with E-state index in [2.05, 4.69) is 58.8 Å². The lowest BCUT2D eigenvalue weighted by molar-refractivity contribution is 0.102. The highest BCUT2D eigenvalue weighted by molar-refractivity contribution is 8.00. The molecule has 0 spiro atoms. The first kappa shape index (κ1) is 23.3. The Morgan fingerprint density at radius 1 is 0.970 bits per heavy atom. The molecule has 1 N–H and O–H groups in total. The van der Waals surface area contributed by atoms with Crippen LogP contribution >= 0.6 is 23.1 Å². The summed E-state index contributed by atoms with van der Waals surface area (Å²) in [7, 11) is 0. The van der Waals surface area contributed by atoms with Crippen LogP contribution in [0.25, 0.3) is 10.8 Å². The number of thioether (sulfide) groups is 1. The van der Waals surface area contributed by atoms with Crippen molar-refractivity contribution >= 4 is 44.9 Å². The summed E-state index contributed by atoms with van der Waals surface area (Å²) in [6.07, 6.45) is 4.68. The topological polar surface area (TPSA) is 64.1 Å². The molecule has 4 aromatic rings. The predicted molar refractivity (Wildman–Crippen MR) is 137 cm³/mol. The zero-order valence-corrected chi connectivity index (χ0v) is 20.3. The number of hydrogen-bond acceptors (Lipinski definition) is 6. The van der Waals surface area contributed by atoms with Gasteiger partial charge in [0.1, 0.15) is 5.75 Å². The highest BCUT2D eigenvalue weighted by Gasteiger charge is 2.11. The average molecular weight is 478 g/mol. The van der Waals surface area contributed by atoms with Crippen molar-refractivity contribution in [1.29, 1.82) is 0 Å². The van der Waals surface area contributed by atoms with Crippen LogP contribution in [0.4, 0.5) is 5.13 Å². The molecule has 4 rings (SSSR count). The number of fused-ring (bicyclic) bond motifs is 1. The zero-order chi connectivity index (χ0) is 22.9. The summed E-state index contributed by atoms with van der Waals surface area (Å²) in [5.41, 5.74) is 1.82. The maximum absolute atomic E-state index is 12.6. The minimum Gasteiger partial charge on any atom is -0.494 e. The van der Waals surface area contributed by atoms with Gasteiger partial charge in [-0.1, -0.05) is 91.7 Å². The Hall–Kier alpha value is -2.90. The number of aromatic nitrogens is 2. The Morgan fingerprint density at radius 2 is 1.79 bits per heavy atom. The van der Waals surface area contributed by atoms with Crippen molar-refractivity contribution in [1.82, 2.24) is 10.2 Å². The molecule has 0 aliphatic carbocycles. The molecule has 1 aromatic heterocycles. The van der Waals surface area contributed by atoms with Gasteiger partial charge < -0.3 is 4.74 Å². The molecule has 0 radical (unpaired) electrons. The summed E-state index contributed by atoms with van der Waals surface area (Å²) in [6.45, 7) is 2.90. The van der Waals surface area contributed by atoms with E-state index in [0.717, 1.165) is 22.3 Å². The van der Waals surface area contributed by atoms with E-state index in [1.54, 1.807) is 23.9 Å². The Kier molecular flexibility index (Phi) is 8.33. The molecule has 7 heteroatoms. The molecule has 0 saturated carbocycles. The molecule has 0 unspecified atom stereocenters. The number of benzene rings is 3. The van der Waals surface area contributed by atoms with Crippen LogP contribution in [0.15, 0.2) is 71.1 Å². The summed E-state index contributed by atoms with van der Waals surface area (Å²) in [4.78, 5) is 12.6. The second-order valence-electron chi connectivity index (χ2n) is 7.69. The number of nitrogens with one attached hydrogen (secondary N) is 1. The van der Waals surface area contributed by atoms with Crippen molar-refractivity contribution < 1.29 is 9.53 Å². The average Bonchev–Trinajstić information content (AvgIpc) is 3.30. The standard InChI is InChI=1S/C26H27N3O2S2/c1-2-3-4-7-17-31-22-15-13-20(14-16-22)24(30)27-25-28-29-26(33-25)32-18-21-11-8-10-19-9-5-6-12-23(19)21/h5-6,8-16H,2-4,7,17-18H2,1H3,(H,27,28,30). The molecule has 0 aliphatic heterocycles. The molecule has 0 atom stereocenters. The van der Waals surface area contributed by atoms with E-state index in [1.807, 2.05) is 18.2 Å². The molecule has 0 saturated heterocycles. The van der Waals surface area contributed by atoms with Gasteiger partial charge in [0.15, 0.2) is 4.34 Å². The first-order valence-corrected chi connectivity index (χ1v) is 13.0. The number of anilines is 1. The quantitative estimate of drug-likeness (QED) is 0.141. The molecule has 0 fully saturated rings. The smallest absolute Gasteiger partial charge is 0.257 e. The van der Waals surface area contributed by atoms with Crippen LogP contribution in [0.5, 0.6) is 5.75 Å². The van der Waals surface area contributed by atoms with Gasteiger partial charge >= 0.3 is 0 Å². The summed E-state index contributed by atoms with van der Waals surface area (Å²) in [5.74, 6) is 1.38. The number of amides is 1. The van der Waals surface area contributed by atoms with Gasteiger partial charge in [-0.3, -0.25) is 10.1 Å². The lowest BCUT2D eigenvalue weighted by atomic mass is 10.1. The maximum atomic E-state index is 12.6. The number of rotatable bonds is 11. The fraction of sp³-hybridized carbons (Fsp3) is 0.269. The summed E-state index contributed by atoms with van der Waals surface area (Å²) < 4.78 is 6.57. The Morgan fingerprint density at radius 3 is 2.64 bits per heavy atom. The predicted octanol–water partition coefficient (Wildman–Crippen LogP) is 7.20. The number of carbonyl (C=O) groups excluding carboxylic acids is 1. The molecule has 170 valence electrons. The van der Waals surface area contributed by atoms with Crippen LogP contribution in [-0.4, -0.2) is 22.7 Å².